The van der Waals surface area contributed by atoms with E-state index in [0.717, 1.165) is 11.4 Å². The SMILES string of the molecule is Cc1cc(CC(O)Cc2ccccc2C)n(C)n1. The molecule has 1 unspecified atom stereocenters. The molecule has 0 saturated heterocycles. The van der Waals surface area contributed by atoms with Gasteiger partial charge in [-0.3, -0.25) is 4.68 Å². The van der Waals surface area contributed by atoms with E-state index in [4.69, 9.17) is 0 Å². The topological polar surface area (TPSA) is 38.0 Å². The monoisotopic (exact) mass is 244 g/mol. The van der Waals surface area contributed by atoms with Crippen molar-refractivity contribution in [2.45, 2.75) is 32.8 Å². The lowest BCUT2D eigenvalue weighted by Crippen LogP contribution is -2.16. The summed E-state index contributed by atoms with van der Waals surface area (Å²) in [6.07, 6.45) is 0.976. The summed E-state index contributed by atoms with van der Waals surface area (Å²) in [7, 11) is 1.92. The van der Waals surface area contributed by atoms with Gasteiger partial charge in [-0.05, 0) is 37.5 Å². The van der Waals surface area contributed by atoms with Gasteiger partial charge in [-0.1, -0.05) is 24.3 Å². The average molecular weight is 244 g/mol. The number of aryl methyl sites for hydroxylation is 3. The summed E-state index contributed by atoms with van der Waals surface area (Å²) in [5.74, 6) is 0. The number of nitrogens with zero attached hydrogens (tertiary/aromatic N) is 2. The molecular formula is C15H20N2O. The van der Waals surface area contributed by atoms with E-state index in [1.807, 2.05) is 36.9 Å². The van der Waals surface area contributed by atoms with Crippen molar-refractivity contribution in [1.29, 1.82) is 0 Å². The molecule has 0 fully saturated rings. The molecule has 2 aromatic rings. The standard InChI is InChI=1S/C15H20N2O/c1-11-6-4-5-7-13(11)9-15(18)10-14-8-12(2)16-17(14)3/h4-8,15,18H,9-10H2,1-3H3. The smallest absolute Gasteiger partial charge is 0.0635 e. The zero-order valence-corrected chi connectivity index (χ0v) is 11.2. The average Bonchev–Trinajstić information content (AvgIpc) is 2.61. The number of benzene rings is 1. The fraction of sp³-hybridized carbons (Fsp3) is 0.400. The van der Waals surface area contributed by atoms with E-state index in [1.54, 1.807) is 0 Å². The number of aliphatic hydroxyl groups is 1. The Balaban J connectivity index is 2.03. The summed E-state index contributed by atoms with van der Waals surface area (Å²) in [5.41, 5.74) is 4.52. The molecule has 1 aromatic carbocycles. The molecule has 1 aromatic heterocycles. The van der Waals surface area contributed by atoms with E-state index in [-0.39, 0.29) is 6.10 Å². The van der Waals surface area contributed by atoms with Crippen LogP contribution in [0.15, 0.2) is 30.3 Å². The van der Waals surface area contributed by atoms with Crippen molar-refractivity contribution in [2.75, 3.05) is 0 Å². The number of aromatic nitrogens is 2. The molecule has 2 rings (SSSR count). The van der Waals surface area contributed by atoms with Gasteiger partial charge in [0, 0.05) is 19.2 Å². The van der Waals surface area contributed by atoms with Gasteiger partial charge in [0.1, 0.15) is 0 Å². The number of aliphatic hydroxyl groups excluding tert-OH is 1. The zero-order chi connectivity index (χ0) is 13.1. The Morgan fingerprint density at radius 3 is 2.56 bits per heavy atom. The van der Waals surface area contributed by atoms with Crippen LogP contribution in [0.1, 0.15) is 22.5 Å². The van der Waals surface area contributed by atoms with Crippen LogP contribution < -0.4 is 0 Å². The first-order valence-electron chi connectivity index (χ1n) is 6.28. The second-order valence-corrected chi connectivity index (χ2v) is 4.89. The minimum atomic E-state index is -0.360. The highest BCUT2D eigenvalue weighted by Gasteiger charge is 2.11. The minimum Gasteiger partial charge on any atom is -0.392 e. The highest BCUT2D eigenvalue weighted by Crippen LogP contribution is 2.13. The lowest BCUT2D eigenvalue weighted by molar-refractivity contribution is 0.172. The van der Waals surface area contributed by atoms with Gasteiger partial charge in [0.25, 0.3) is 0 Å². The lowest BCUT2D eigenvalue weighted by Gasteiger charge is -2.12. The lowest BCUT2D eigenvalue weighted by atomic mass is 10.0. The van der Waals surface area contributed by atoms with Crippen LogP contribution in [0, 0.1) is 13.8 Å². The second kappa shape index (κ2) is 5.36. The third-order valence-electron chi connectivity index (χ3n) is 3.26. The Morgan fingerprint density at radius 2 is 1.94 bits per heavy atom. The van der Waals surface area contributed by atoms with Gasteiger partial charge in [0.15, 0.2) is 0 Å². The molecule has 0 bridgehead atoms. The molecule has 0 radical (unpaired) electrons. The maximum atomic E-state index is 10.2. The summed E-state index contributed by atoms with van der Waals surface area (Å²) in [6, 6.07) is 10.2. The third kappa shape index (κ3) is 2.99. The van der Waals surface area contributed by atoms with Crippen molar-refractivity contribution in [3.8, 4) is 0 Å². The zero-order valence-electron chi connectivity index (χ0n) is 11.2. The van der Waals surface area contributed by atoms with Gasteiger partial charge < -0.3 is 5.11 Å². The maximum absolute atomic E-state index is 10.2. The third-order valence-corrected chi connectivity index (χ3v) is 3.26. The summed E-state index contributed by atoms with van der Waals surface area (Å²) in [6.45, 7) is 4.05. The van der Waals surface area contributed by atoms with Gasteiger partial charge in [-0.25, -0.2) is 0 Å². The van der Waals surface area contributed by atoms with Crippen molar-refractivity contribution >= 4 is 0 Å². The molecule has 18 heavy (non-hydrogen) atoms. The van der Waals surface area contributed by atoms with Crippen LogP contribution in [-0.4, -0.2) is 21.0 Å². The van der Waals surface area contributed by atoms with Crippen molar-refractivity contribution < 1.29 is 5.11 Å². The summed E-state index contributed by atoms with van der Waals surface area (Å²) < 4.78 is 1.84. The molecule has 0 saturated carbocycles. The van der Waals surface area contributed by atoms with Crippen LogP contribution in [0.25, 0.3) is 0 Å². The van der Waals surface area contributed by atoms with E-state index in [0.29, 0.717) is 12.8 Å². The first kappa shape index (κ1) is 12.8. The molecule has 96 valence electrons. The molecule has 0 aliphatic rings. The van der Waals surface area contributed by atoms with Crippen LogP contribution in [0.3, 0.4) is 0 Å². The van der Waals surface area contributed by atoms with Crippen LogP contribution in [-0.2, 0) is 19.9 Å². The summed E-state index contributed by atoms with van der Waals surface area (Å²) >= 11 is 0. The highest BCUT2D eigenvalue weighted by atomic mass is 16.3. The number of hydrogen-bond acceptors (Lipinski definition) is 2. The fourth-order valence-electron chi connectivity index (χ4n) is 2.26. The van der Waals surface area contributed by atoms with Gasteiger partial charge in [0.2, 0.25) is 0 Å². The Labute approximate surface area is 108 Å². The number of rotatable bonds is 4. The molecule has 0 spiro atoms. The predicted molar refractivity (Wildman–Crippen MR) is 72.5 cm³/mol. The molecule has 0 amide bonds. The van der Waals surface area contributed by atoms with Crippen molar-refractivity contribution in [2.24, 2.45) is 7.05 Å². The first-order chi connectivity index (χ1) is 8.56. The first-order valence-corrected chi connectivity index (χ1v) is 6.28. The quantitative estimate of drug-likeness (QED) is 0.895. The minimum absolute atomic E-state index is 0.360. The van der Waals surface area contributed by atoms with Crippen molar-refractivity contribution in [3.05, 3.63) is 52.8 Å². The Kier molecular flexibility index (Phi) is 3.82. The molecule has 1 atom stereocenters. The molecule has 3 nitrogen and oxygen atoms in total. The second-order valence-electron chi connectivity index (χ2n) is 4.89. The Bertz CT molecular complexity index is 531. The fourth-order valence-corrected chi connectivity index (χ4v) is 2.26. The van der Waals surface area contributed by atoms with E-state index in [9.17, 15) is 5.11 Å². The van der Waals surface area contributed by atoms with E-state index in [2.05, 4.69) is 24.2 Å². The molecule has 1 N–H and O–H groups in total. The van der Waals surface area contributed by atoms with Crippen LogP contribution >= 0.6 is 0 Å². The molecule has 1 heterocycles. The summed E-state index contributed by atoms with van der Waals surface area (Å²) in [5, 5.41) is 14.5. The normalized spacial score (nSPS) is 12.7. The largest absolute Gasteiger partial charge is 0.392 e. The molecule has 3 heteroatoms. The van der Waals surface area contributed by atoms with E-state index >= 15 is 0 Å². The van der Waals surface area contributed by atoms with E-state index in [1.165, 1.54) is 11.1 Å². The summed E-state index contributed by atoms with van der Waals surface area (Å²) in [4.78, 5) is 0. The van der Waals surface area contributed by atoms with Gasteiger partial charge >= 0.3 is 0 Å². The Hall–Kier alpha value is -1.61. The molecular weight excluding hydrogens is 224 g/mol. The van der Waals surface area contributed by atoms with Crippen LogP contribution in [0.4, 0.5) is 0 Å². The molecule has 0 aliphatic carbocycles. The van der Waals surface area contributed by atoms with Gasteiger partial charge in [-0.15, -0.1) is 0 Å². The van der Waals surface area contributed by atoms with Crippen LogP contribution in [0.2, 0.25) is 0 Å². The van der Waals surface area contributed by atoms with Gasteiger partial charge in [-0.2, -0.15) is 5.10 Å². The highest BCUT2D eigenvalue weighted by molar-refractivity contribution is 5.26. The van der Waals surface area contributed by atoms with E-state index < -0.39 is 0 Å². The van der Waals surface area contributed by atoms with Crippen molar-refractivity contribution in [1.82, 2.24) is 9.78 Å². The molecule has 0 aliphatic heterocycles. The van der Waals surface area contributed by atoms with Gasteiger partial charge in [0.05, 0.1) is 11.8 Å². The van der Waals surface area contributed by atoms with Crippen LogP contribution in [0.5, 0.6) is 0 Å². The number of hydrogen-bond donors (Lipinski definition) is 1. The maximum Gasteiger partial charge on any atom is 0.0635 e. The predicted octanol–water partition coefficient (Wildman–Crippen LogP) is 2.18. The van der Waals surface area contributed by atoms with Crippen molar-refractivity contribution in [3.63, 3.8) is 0 Å². The Morgan fingerprint density at radius 1 is 1.22 bits per heavy atom.